The Kier molecular flexibility index (Phi) is 13.5. The van der Waals surface area contributed by atoms with E-state index in [0.717, 1.165) is 18.5 Å². The first-order valence-corrected chi connectivity index (χ1v) is 25.4. The summed E-state index contributed by atoms with van der Waals surface area (Å²) in [4.78, 5) is 28.9. The van der Waals surface area contributed by atoms with Crippen LogP contribution in [0.15, 0.2) is 48.1 Å². The molecule has 292 valence electrons. The zero-order valence-electron chi connectivity index (χ0n) is 34.7. The lowest BCUT2D eigenvalue weighted by Gasteiger charge is -2.46. The first-order valence-electron chi connectivity index (χ1n) is 19.6. The number of rotatable bonds is 13. The second-order valence-corrected chi connectivity index (χ2v) is 28.3. The molecule has 1 fully saturated rings. The van der Waals surface area contributed by atoms with Crippen molar-refractivity contribution in [3.05, 3.63) is 48.1 Å². The number of benzene rings is 1. The van der Waals surface area contributed by atoms with Crippen LogP contribution in [0.3, 0.4) is 0 Å². The van der Waals surface area contributed by atoms with Gasteiger partial charge in [0.15, 0.2) is 22.7 Å². The van der Waals surface area contributed by atoms with Crippen LogP contribution in [0.1, 0.15) is 93.9 Å². The Labute approximate surface area is 317 Å². The SMILES string of the molecule is CC[C@H](Oc1cccc(N(C)C)c1)C(=O)OC1CC(O[Si](C)(C)C(C)(C)C)C=C2C=CC(C)C(CC[C@@H]3C[C@@H](O[Si](C)(C)C(C)(C)C)CC(=O)O3)C21. The van der Waals surface area contributed by atoms with E-state index in [4.69, 9.17) is 23.1 Å². The van der Waals surface area contributed by atoms with Crippen molar-refractivity contribution < 1.29 is 32.7 Å². The molecule has 0 N–H and O–H groups in total. The molecular weight excluding hydrogens is 687 g/mol. The molecule has 0 radical (unpaired) electrons. The van der Waals surface area contributed by atoms with Crippen LogP contribution < -0.4 is 9.64 Å². The van der Waals surface area contributed by atoms with Crippen LogP contribution in [0.25, 0.3) is 0 Å². The molecule has 0 bridgehead atoms. The van der Waals surface area contributed by atoms with E-state index >= 15 is 0 Å². The van der Waals surface area contributed by atoms with Gasteiger partial charge in [-0.3, -0.25) is 4.79 Å². The fourth-order valence-corrected chi connectivity index (χ4v) is 9.85. The quantitative estimate of drug-likeness (QED) is 0.145. The van der Waals surface area contributed by atoms with Gasteiger partial charge in [0.05, 0.1) is 18.6 Å². The summed E-state index contributed by atoms with van der Waals surface area (Å²) in [5, 5.41) is 0.105. The lowest BCUT2D eigenvalue weighted by molar-refractivity contribution is -0.164. The molecule has 0 aromatic heterocycles. The number of hydrogen-bond acceptors (Lipinski definition) is 8. The molecular formula is C42H69NO7Si2. The van der Waals surface area contributed by atoms with Crippen molar-refractivity contribution in [1.29, 1.82) is 0 Å². The Morgan fingerprint density at radius 1 is 0.981 bits per heavy atom. The molecule has 4 rings (SSSR count). The summed E-state index contributed by atoms with van der Waals surface area (Å²) >= 11 is 0. The van der Waals surface area contributed by atoms with Crippen molar-refractivity contribution in [2.24, 2.45) is 17.8 Å². The molecule has 1 saturated heterocycles. The van der Waals surface area contributed by atoms with Gasteiger partial charge < -0.3 is 28.0 Å². The number of fused-ring (bicyclic) bond motifs is 1. The van der Waals surface area contributed by atoms with E-state index in [0.29, 0.717) is 31.4 Å². The van der Waals surface area contributed by atoms with Crippen LogP contribution in [-0.2, 0) is 27.9 Å². The maximum atomic E-state index is 14.0. The van der Waals surface area contributed by atoms with E-state index < -0.39 is 22.7 Å². The summed E-state index contributed by atoms with van der Waals surface area (Å²) < 4.78 is 32.5. The first-order chi connectivity index (χ1) is 24.0. The number of nitrogens with zero attached hydrogens (tertiary/aromatic N) is 1. The number of carbonyl (C=O) groups is 2. The largest absolute Gasteiger partial charge is 0.479 e. The Bertz CT molecular complexity index is 1460. The van der Waals surface area contributed by atoms with Crippen LogP contribution in [0.5, 0.6) is 5.75 Å². The van der Waals surface area contributed by atoms with Gasteiger partial charge in [-0.25, -0.2) is 4.79 Å². The maximum absolute atomic E-state index is 14.0. The summed E-state index contributed by atoms with van der Waals surface area (Å²) in [5.41, 5.74) is 2.17. The zero-order valence-corrected chi connectivity index (χ0v) is 36.7. The predicted octanol–water partition coefficient (Wildman–Crippen LogP) is 9.86. The first kappa shape index (κ1) is 42.3. The summed E-state index contributed by atoms with van der Waals surface area (Å²) in [6.45, 7) is 26.7. The molecule has 1 aromatic rings. The van der Waals surface area contributed by atoms with Crippen LogP contribution in [0.2, 0.25) is 36.3 Å². The average Bonchev–Trinajstić information content (AvgIpc) is 3.01. The third-order valence-corrected chi connectivity index (χ3v) is 21.5. The van der Waals surface area contributed by atoms with Crippen molar-refractivity contribution in [1.82, 2.24) is 0 Å². The molecule has 1 aliphatic heterocycles. The van der Waals surface area contributed by atoms with Gasteiger partial charge in [-0.05, 0) is 85.1 Å². The fraction of sp³-hybridized carbons (Fsp3) is 0.714. The minimum atomic E-state index is -2.12. The van der Waals surface area contributed by atoms with Gasteiger partial charge in [-0.2, -0.15) is 0 Å². The average molecular weight is 756 g/mol. The van der Waals surface area contributed by atoms with Crippen molar-refractivity contribution in [2.75, 3.05) is 19.0 Å². The number of cyclic esters (lactones) is 1. The smallest absolute Gasteiger partial charge is 0.347 e. The van der Waals surface area contributed by atoms with Crippen LogP contribution in [0, 0.1) is 17.8 Å². The third kappa shape index (κ3) is 10.4. The molecule has 8 nitrogen and oxygen atoms in total. The number of hydrogen-bond donors (Lipinski definition) is 0. The van der Waals surface area contributed by atoms with Crippen molar-refractivity contribution >= 4 is 34.3 Å². The molecule has 0 saturated carbocycles. The molecule has 2 aliphatic carbocycles. The van der Waals surface area contributed by atoms with Gasteiger partial charge in [0.2, 0.25) is 0 Å². The Hall–Kier alpha value is -2.41. The van der Waals surface area contributed by atoms with E-state index in [1.807, 2.05) is 50.2 Å². The lowest BCUT2D eigenvalue weighted by atomic mass is 9.66. The van der Waals surface area contributed by atoms with Crippen molar-refractivity contribution in [3.8, 4) is 5.75 Å². The van der Waals surface area contributed by atoms with Crippen LogP contribution >= 0.6 is 0 Å². The van der Waals surface area contributed by atoms with E-state index in [1.54, 1.807) is 0 Å². The normalized spacial score (nSPS) is 27.6. The molecule has 3 aliphatic rings. The Morgan fingerprint density at radius 3 is 2.25 bits per heavy atom. The van der Waals surface area contributed by atoms with E-state index in [9.17, 15) is 9.59 Å². The van der Waals surface area contributed by atoms with Gasteiger partial charge in [0.25, 0.3) is 0 Å². The second-order valence-electron chi connectivity index (χ2n) is 18.7. The Balaban J connectivity index is 1.57. The number of esters is 2. The zero-order chi connectivity index (χ0) is 38.8. The molecule has 8 atom stereocenters. The predicted molar refractivity (Wildman–Crippen MR) is 216 cm³/mol. The molecule has 1 heterocycles. The molecule has 1 aromatic carbocycles. The number of carbonyl (C=O) groups excluding carboxylic acids is 2. The summed E-state index contributed by atoms with van der Waals surface area (Å²) in [6, 6.07) is 7.79. The molecule has 10 heteroatoms. The van der Waals surface area contributed by atoms with Crippen molar-refractivity contribution in [2.45, 2.75) is 161 Å². The minimum absolute atomic E-state index is 0.00337. The molecule has 0 spiro atoms. The topological polar surface area (TPSA) is 83.5 Å². The highest BCUT2D eigenvalue weighted by Gasteiger charge is 2.47. The highest BCUT2D eigenvalue weighted by molar-refractivity contribution is 6.74. The second kappa shape index (κ2) is 16.5. The highest BCUT2D eigenvalue weighted by Crippen LogP contribution is 2.47. The lowest BCUT2D eigenvalue weighted by Crippen LogP contribution is -2.49. The minimum Gasteiger partial charge on any atom is -0.479 e. The maximum Gasteiger partial charge on any atom is 0.347 e. The monoisotopic (exact) mass is 755 g/mol. The highest BCUT2D eigenvalue weighted by atomic mass is 28.4. The molecule has 52 heavy (non-hydrogen) atoms. The van der Waals surface area contributed by atoms with Gasteiger partial charge in [0.1, 0.15) is 18.0 Å². The Morgan fingerprint density at radius 2 is 1.63 bits per heavy atom. The van der Waals surface area contributed by atoms with E-state index in [-0.39, 0.29) is 64.2 Å². The van der Waals surface area contributed by atoms with Crippen molar-refractivity contribution in [3.63, 3.8) is 0 Å². The summed E-state index contributed by atoms with van der Waals surface area (Å²) in [6.07, 6.45) is 8.89. The van der Waals surface area contributed by atoms with Gasteiger partial charge in [-0.1, -0.05) is 79.7 Å². The van der Waals surface area contributed by atoms with Crippen LogP contribution in [-0.4, -0.2) is 73.2 Å². The summed E-state index contributed by atoms with van der Waals surface area (Å²) in [7, 11) is -0.194. The third-order valence-electron chi connectivity index (χ3n) is 12.4. The standard InChI is InChI=1S/C42H69NO7Si2/c1-15-36(46-31-18-16-17-30(24-31)43(9)10)40(45)48-37-26-33(49-51(11,12)41(3,4)5)23-29-20-19-28(2)35(39(29)37)22-21-32-25-34(27-38(44)47-32)50-52(13,14)42(6,7)8/h16-20,23-24,28,32-37,39H,15,21-22,25-27H2,1-14H3/t28?,32-,33?,34-,35?,36+,37?,39?/m1/s1. The molecule has 5 unspecified atom stereocenters. The van der Waals surface area contributed by atoms with Gasteiger partial charge >= 0.3 is 11.9 Å². The number of allylic oxidation sites excluding steroid dienone is 2. The number of ether oxygens (including phenoxy) is 3. The summed E-state index contributed by atoms with van der Waals surface area (Å²) in [5.74, 6) is 0.573. The number of anilines is 1. The molecule has 0 amide bonds. The van der Waals surface area contributed by atoms with E-state index in [1.165, 1.54) is 5.57 Å². The van der Waals surface area contributed by atoms with Gasteiger partial charge in [-0.15, -0.1) is 0 Å². The van der Waals surface area contributed by atoms with Gasteiger partial charge in [0, 0.05) is 44.6 Å². The van der Waals surface area contributed by atoms with E-state index in [2.05, 4.69) is 92.9 Å². The van der Waals surface area contributed by atoms with Crippen LogP contribution in [0.4, 0.5) is 5.69 Å². The fourth-order valence-electron chi connectivity index (χ4n) is 7.21.